The molecule has 5 nitrogen and oxygen atoms in total. The number of benzene rings is 1. The molecule has 11 heteroatoms. The first-order valence-electron chi connectivity index (χ1n) is 9.91. The second kappa shape index (κ2) is 8.57. The van der Waals surface area contributed by atoms with Crippen molar-refractivity contribution < 1.29 is 18.3 Å². The summed E-state index contributed by atoms with van der Waals surface area (Å²) >= 11 is 11.8. The maximum Gasteiger partial charge on any atom is 0.434 e. The number of anilines is 1. The molecule has 4 heterocycles. The first-order valence-corrected chi connectivity index (χ1v) is 10.7. The van der Waals surface area contributed by atoms with Crippen LogP contribution in [0.15, 0.2) is 30.3 Å². The number of H-pyrrole nitrogens is 1. The van der Waals surface area contributed by atoms with Crippen LogP contribution in [0, 0.1) is 0 Å². The number of aliphatic hydroxyl groups excluding tert-OH is 1. The Morgan fingerprint density at radius 2 is 1.91 bits per heavy atom. The SMILES string of the molecule is Cl.OCC1c2[nH]c3ccc(Cl)cc3c2CCN1C1CN(c2ccc(Cl)c(C(F)(F)F)n2)C1. The van der Waals surface area contributed by atoms with Crippen molar-refractivity contribution in [1.82, 2.24) is 14.9 Å². The number of rotatable bonds is 3. The van der Waals surface area contributed by atoms with Gasteiger partial charge in [0.15, 0.2) is 5.69 Å². The molecule has 2 aliphatic heterocycles. The lowest BCUT2D eigenvalue weighted by Gasteiger charge is -2.49. The van der Waals surface area contributed by atoms with Crippen molar-refractivity contribution in [2.75, 3.05) is 31.1 Å². The van der Waals surface area contributed by atoms with Crippen LogP contribution >= 0.6 is 35.6 Å². The van der Waals surface area contributed by atoms with Crippen molar-refractivity contribution in [3.05, 3.63) is 57.3 Å². The smallest absolute Gasteiger partial charge is 0.394 e. The van der Waals surface area contributed by atoms with E-state index in [2.05, 4.69) is 14.9 Å². The first-order chi connectivity index (χ1) is 14.8. The highest BCUT2D eigenvalue weighted by Crippen LogP contribution is 2.39. The number of aromatic nitrogens is 2. The van der Waals surface area contributed by atoms with Crippen LogP contribution in [0.2, 0.25) is 10.0 Å². The average molecular weight is 508 g/mol. The second-order valence-corrected chi connectivity index (χ2v) is 8.79. The highest BCUT2D eigenvalue weighted by molar-refractivity contribution is 6.31. The Morgan fingerprint density at radius 3 is 2.59 bits per heavy atom. The van der Waals surface area contributed by atoms with Gasteiger partial charge in [-0.1, -0.05) is 23.2 Å². The van der Waals surface area contributed by atoms with Gasteiger partial charge in [0.1, 0.15) is 5.82 Å². The van der Waals surface area contributed by atoms with E-state index in [1.807, 2.05) is 18.2 Å². The maximum absolute atomic E-state index is 13.1. The molecule has 3 aromatic rings. The summed E-state index contributed by atoms with van der Waals surface area (Å²) in [6.45, 7) is 1.76. The van der Waals surface area contributed by atoms with Crippen molar-refractivity contribution >= 4 is 52.3 Å². The van der Waals surface area contributed by atoms with E-state index in [4.69, 9.17) is 23.2 Å². The standard InChI is InChI=1S/C21H19Cl2F3N4O.ClH/c22-11-1-3-16-14(7-11)13-5-6-30(17(10-31)19(13)27-16)12-8-29(9-12)18-4-2-15(23)20(28-18)21(24,25)26;/h1-4,7,12,17,27,31H,5-6,8-10H2;1H. The molecule has 2 aromatic heterocycles. The summed E-state index contributed by atoms with van der Waals surface area (Å²) in [4.78, 5) is 11.2. The Hall–Kier alpha value is -1.71. The lowest BCUT2D eigenvalue weighted by molar-refractivity contribution is -0.141. The molecule has 0 amide bonds. The van der Waals surface area contributed by atoms with Crippen LogP contribution in [0.1, 0.15) is 23.0 Å². The monoisotopic (exact) mass is 506 g/mol. The number of pyridine rings is 1. The van der Waals surface area contributed by atoms with Crippen molar-refractivity contribution in [3.63, 3.8) is 0 Å². The van der Waals surface area contributed by atoms with E-state index in [9.17, 15) is 18.3 Å². The predicted molar refractivity (Wildman–Crippen MR) is 121 cm³/mol. The van der Waals surface area contributed by atoms with Crippen molar-refractivity contribution in [2.24, 2.45) is 0 Å². The summed E-state index contributed by atoms with van der Waals surface area (Å²) in [6, 6.07) is 8.34. The Bertz CT molecular complexity index is 1150. The van der Waals surface area contributed by atoms with E-state index in [1.165, 1.54) is 12.1 Å². The molecular formula is C21H20Cl3F3N4O. The number of aliphatic hydroxyl groups is 1. The van der Waals surface area contributed by atoms with Gasteiger partial charge in [0.05, 0.1) is 17.7 Å². The fourth-order valence-corrected chi connectivity index (χ4v) is 5.03. The summed E-state index contributed by atoms with van der Waals surface area (Å²) < 4.78 is 39.4. The molecule has 1 atom stereocenters. The Morgan fingerprint density at radius 1 is 1.16 bits per heavy atom. The number of hydrogen-bond donors (Lipinski definition) is 2. The molecule has 5 rings (SSSR count). The zero-order chi connectivity index (χ0) is 21.9. The number of nitrogens with zero attached hydrogens (tertiary/aromatic N) is 3. The Labute approximate surface area is 198 Å². The van der Waals surface area contributed by atoms with Crippen LogP contribution in [0.4, 0.5) is 19.0 Å². The normalized spacial score (nSPS) is 19.6. The van der Waals surface area contributed by atoms with Gasteiger partial charge in [-0.15, -0.1) is 12.4 Å². The fraction of sp³-hybridized carbons (Fsp3) is 0.381. The molecule has 32 heavy (non-hydrogen) atoms. The van der Waals surface area contributed by atoms with Crippen LogP contribution in [0.3, 0.4) is 0 Å². The minimum Gasteiger partial charge on any atom is -0.394 e. The third-order valence-corrected chi connectivity index (χ3v) is 6.72. The summed E-state index contributed by atoms with van der Waals surface area (Å²) in [7, 11) is 0. The molecule has 0 aliphatic carbocycles. The molecule has 0 radical (unpaired) electrons. The van der Waals surface area contributed by atoms with Crippen LogP contribution in [-0.4, -0.2) is 52.3 Å². The number of hydrogen-bond acceptors (Lipinski definition) is 4. The molecule has 2 aliphatic rings. The third-order valence-electron chi connectivity index (χ3n) is 6.18. The minimum absolute atomic E-state index is 0. The lowest BCUT2D eigenvalue weighted by atomic mass is 9.94. The van der Waals surface area contributed by atoms with Crippen LogP contribution in [0.5, 0.6) is 0 Å². The van der Waals surface area contributed by atoms with Gasteiger partial charge in [-0.3, -0.25) is 4.90 Å². The van der Waals surface area contributed by atoms with Gasteiger partial charge in [-0.2, -0.15) is 13.2 Å². The number of alkyl halides is 3. The van der Waals surface area contributed by atoms with E-state index in [1.54, 1.807) is 4.90 Å². The highest BCUT2D eigenvalue weighted by Gasteiger charge is 2.41. The van der Waals surface area contributed by atoms with E-state index < -0.39 is 16.9 Å². The van der Waals surface area contributed by atoms with Crippen LogP contribution in [0.25, 0.3) is 10.9 Å². The molecule has 0 bridgehead atoms. The van der Waals surface area contributed by atoms with Gasteiger partial charge in [-0.25, -0.2) is 4.98 Å². The van der Waals surface area contributed by atoms with Crippen molar-refractivity contribution in [3.8, 4) is 0 Å². The summed E-state index contributed by atoms with van der Waals surface area (Å²) in [5.41, 5.74) is 2.06. The van der Waals surface area contributed by atoms with Gasteiger partial charge < -0.3 is 15.0 Å². The number of halogens is 6. The second-order valence-electron chi connectivity index (χ2n) is 7.95. The van der Waals surface area contributed by atoms with Gasteiger partial charge in [-0.05, 0) is 42.3 Å². The zero-order valence-corrected chi connectivity index (χ0v) is 19.0. The van der Waals surface area contributed by atoms with Gasteiger partial charge in [0, 0.05) is 47.3 Å². The number of fused-ring (bicyclic) bond motifs is 3. The predicted octanol–water partition coefficient (Wildman–Crippen LogP) is 5.09. The minimum atomic E-state index is -4.60. The van der Waals surface area contributed by atoms with E-state index in [-0.39, 0.29) is 36.9 Å². The summed E-state index contributed by atoms with van der Waals surface area (Å²) in [5, 5.41) is 11.5. The van der Waals surface area contributed by atoms with Gasteiger partial charge >= 0.3 is 6.18 Å². The molecule has 2 N–H and O–H groups in total. The van der Waals surface area contributed by atoms with Crippen LogP contribution in [-0.2, 0) is 12.6 Å². The molecule has 0 saturated carbocycles. The molecule has 1 unspecified atom stereocenters. The lowest BCUT2D eigenvalue weighted by Crippen LogP contribution is -2.62. The van der Waals surface area contributed by atoms with E-state index in [0.29, 0.717) is 18.1 Å². The zero-order valence-electron chi connectivity index (χ0n) is 16.7. The van der Waals surface area contributed by atoms with Crippen molar-refractivity contribution in [1.29, 1.82) is 0 Å². The Kier molecular flexibility index (Phi) is 6.28. The van der Waals surface area contributed by atoms with Gasteiger partial charge in [0.25, 0.3) is 0 Å². The largest absolute Gasteiger partial charge is 0.434 e. The Balaban J connectivity index is 0.00000245. The number of nitrogens with one attached hydrogen (secondary N) is 1. The molecular weight excluding hydrogens is 488 g/mol. The third kappa shape index (κ3) is 3.92. The van der Waals surface area contributed by atoms with E-state index >= 15 is 0 Å². The average Bonchev–Trinajstić information content (AvgIpc) is 3.04. The molecule has 1 saturated heterocycles. The number of aromatic amines is 1. The topological polar surface area (TPSA) is 55.4 Å². The van der Waals surface area contributed by atoms with Crippen molar-refractivity contribution in [2.45, 2.75) is 24.7 Å². The quantitative estimate of drug-likeness (QED) is 0.519. The molecule has 1 fully saturated rings. The first kappa shape index (κ1) is 23.4. The fourth-order valence-electron chi connectivity index (χ4n) is 4.65. The maximum atomic E-state index is 13.1. The summed E-state index contributed by atoms with van der Waals surface area (Å²) in [6.07, 6.45) is -3.79. The van der Waals surface area contributed by atoms with E-state index in [0.717, 1.165) is 35.1 Å². The van der Waals surface area contributed by atoms with Gasteiger partial charge in [0.2, 0.25) is 0 Å². The van der Waals surface area contributed by atoms with Crippen LogP contribution < -0.4 is 4.90 Å². The highest BCUT2D eigenvalue weighted by atomic mass is 35.5. The molecule has 0 spiro atoms. The molecule has 1 aromatic carbocycles. The molecule has 172 valence electrons. The summed E-state index contributed by atoms with van der Waals surface area (Å²) in [5.74, 6) is 0.256.